The van der Waals surface area contributed by atoms with E-state index in [0.29, 0.717) is 24.6 Å². The van der Waals surface area contributed by atoms with Crippen LogP contribution in [0.2, 0.25) is 0 Å². The van der Waals surface area contributed by atoms with Crippen LogP contribution in [0.4, 0.5) is 16.2 Å². The summed E-state index contributed by atoms with van der Waals surface area (Å²) in [5, 5.41) is 5.72. The molecular formula is C26H36BN3O5. The Morgan fingerprint density at radius 2 is 1.46 bits per heavy atom. The highest BCUT2D eigenvalue weighted by Gasteiger charge is 2.51. The van der Waals surface area contributed by atoms with Gasteiger partial charge in [0.05, 0.1) is 37.6 Å². The van der Waals surface area contributed by atoms with Crippen LogP contribution in [0.25, 0.3) is 0 Å². The molecule has 0 atom stereocenters. The van der Waals surface area contributed by atoms with E-state index in [4.69, 9.17) is 18.8 Å². The molecule has 2 heterocycles. The summed E-state index contributed by atoms with van der Waals surface area (Å²) in [4.78, 5) is 14.8. The van der Waals surface area contributed by atoms with Crippen molar-refractivity contribution >= 4 is 30.0 Å². The predicted octanol–water partition coefficient (Wildman–Crippen LogP) is 3.48. The van der Waals surface area contributed by atoms with Gasteiger partial charge in [0.25, 0.3) is 0 Å². The maximum atomic E-state index is 12.4. The smallest absolute Gasteiger partial charge is 0.399 e. The van der Waals surface area contributed by atoms with E-state index < -0.39 is 7.12 Å². The molecule has 0 unspecified atom stereocenters. The first-order valence-corrected chi connectivity index (χ1v) is 12.2. The Hall–Kier alpha value is -2.43. The number of nitrogens with zero attached hydrogens (tertiary/aromatic N) is 1. The molecule has 2 aromatic carbocycles. The Kier molecular flexibility index (Phi) is 8.14. The molecule has 2 aliphatic rings. The number of anilines is 2. The molecule has 2 amide bonds. The summed E-state index contributed by atoms with van der Waals surface area (Å²) in [6.07, 6.45) is 0. The molecule has 8 nitrogen and oxygen atoms in total. The number of benzene rings is 2. The van der Waals surface area contributed by atoms with Gasteiger partial charge in [-0.15, -0.1) is 0 Å². The molecule has 4 rings (SSSR count). The number of ether oxygens (including phenoxy) is 2. The fraction of sp³-hybridized carbons (Fsp3) is 0.500. The van der Waals surface area contributed by atoms with Crippen molar-refractivity contribution in [2.75, 3.05) is 50.1 Å². The molecule has 2 fully saturated rings. The van der Waals surface area contributed by atoms with E-state index in [0.717, 1.165) is 43.9 Å². The Morgan fingerprint density at radius 1 is 0.914 bits per heavy atom. The maximum Gasteiger partial charge on any atom is 0.494 e. The van der Waals surface area contributed by atoms with E-state index in [9.17, 15) is 4.79 Å². The molecule has 35 heavy (non-hydrogen) atoms. The van der Waals surface area contributed by atoms with Gasteiger partial charge in [0.2, 0.25) is 0 Å². The quantitative estimate of drug-likeness (QED) is 0.444. The van der Waals surface area contributed by atoms with Crippen molar-refractivity contribution in [1.29, 1.82) is 0 Å². The fourth-order valence-electron chi connectivity index (χ4n) is 3.89. The molecule has 9 heteroatoms. The van der Waals surface area contributed by atoms with Crippen LogP contribution in [-0.4, -0.2) is 68.7 Å². The molecule has 2 saturated heterocycles. The van der Waals surface area contributed by atoms with Crippen molar-refractivity contribution < 1.29 is 23.6 Å². The molecule has 0 bridgehead atoms. The number of urea groups is 1. The van der Waals surface area contributed by atoms with E-state index in [2.05, 4.69) is 15.5 Å². The molecule has 2 N–H and O–H groups in total. The molecule has 188 valence electrons. The number of carbonyl (C=O) groups excluding carboxylic acids is 1. The van der Waals surface area contributed by atoms with E-state index >= 15 is 0 Å². The van der Waals surface area contributed by atoms with Gasteiger partial charge < -0.3 is 29.4 Å². The van der Waals surface area contributed by atoms with Crippen LogP contribution in [0.1, 0.15) is 33.3 Å². The highest BCUT2D eigenvalue weighted by molar-refractivity contribution is 6.62. The maximum absolute atomic E-state index is 12.4. The number of nitrogens with one attached hydrogen (secondary N) is 2. The molecule has 0 aromatic heterocycles. The van der Waals surface area contributed by atoms with Crippen LogP contribution >= 0.6 is 0 Å². The van der Waals surface area contributed by atoms with E-state index in [1.54, 1.807) is 0 Å². The second-order valence-corrected chi connectivity index (χ2v) is 9.99. The molecule has 0 saturated carbocycles. The van der Waals surface area contributed by atoms with Crippen molar-refractivity contribution in [3.8, 4) is 0 Å². The zero-order chi connectivity index (χ0) is 24.9. The summed E-state index contributed by atoms with van der Waals surface area (Å²) < 4.78 is 23.3. The van der Waals surface area contributed by atoms with Crippen molar-refractivity contribution in [1.82, 2.24) is 4.90 Å². The molecule has 2 aromatic rings. The van der Waals surface area contributed by atoms with Gasteiger partial charge in [0.15, 0.2) is 0 Å². The van der Waals surface area contributed by atoms with Crippen LogP contribution in [-0.2, 0) is 25.4 Å². The zero-order valence-corrected chi connectivity index (χ0v) is 21.1. The standard InChI is InChI=1S/C26H36BN3O5/c1-25(2)26(3,4)35-27(34-25)21-7-11-23(12-8-21)29-24(31)28-22-9-5-20(6-10-22)19-33-18-15-30-13-16-32-17-14-30/h5-12H,13-19H2,1-4H3,(H2,28,29,31). The van der Waals surface area contributed by atoms with E-state index in [1.165, 1.54) is 0 Å². The summed E-state index contributed by atoms with van der Waals surface area (Å²) in [6, 6.07) is 14.9. The average molecular weight is 481 g/mol. The minimum Gasteiger partial charge on any atom is -0.399 e. The third kappa shape index (κ3) is 6.83. The third-order valence-corrected chi connectivity index (χ3v) is 6.83. The van der Waals surface area contributed by atoms with Gasteiger partial charge >= 0.3 is 13.1 Å². The molecule has 0 spiro atoms. The average Bonchev–Trinajstić information content (AvgIpc) is 3.05. The SMILES string of the molecule is CC1(C)OB(c2ccc(NC(=O)Nc3ccc(COCCN4CCOCC4)cc3)cc2)OC1(C)C. The van der Waals surface area contributed by atoms with Crippen molar-refractivity contribution in [2.24, 2.45) is 0 Å². The first kappa shape index (κ1) is 25.7. The largest absolute Gasteiger partial charge is 0.494 e. The first-order valence-electron chi connectivity index (χ1n) is 12.2. The lowest BCUT2D eigenvalue weighted by molar-refractivity contribution is 0.00578. The van der Waals surface area contributed by atoms with Crippen LogP contribution in [0, 0.1) is 0 Å². The lowest BCUT2D eigenvalue weighted by Gasteiger charge is -2.32. The Balaban J connectivity index is 1.20. The fourth-order valence-corrected chi connectivity index (χ4v) is 3.89. The summed E-state index contributed by atoms with van der Waals surface area (Å²) in [5.74, 6) is 0. The number of morpholine rings is 1. The number of carbonyl (C=O) groups is 1. The lowest BCUT2D eigenvalue weighted by Crippen LogP contribution is -2.41. The van der Waals surface area contributed by atoms with E-state index in [1.807, 2.05) is 76.2 Å². The Labute approximate surface area is 208 Å². The zero-order valence-electron chi connectivity index (χ0n) is 21.1. The van der Waals surface area contributed by atoms with Crippen molar-refractivity contribution in [3.63, 3.8) is 0 Å². The summed E-state index contributed by atoms with van der Waals surface area (Å²) in [6.45, 7) is 13.8. The van der Waals surface area contributed by atoms with Gasteiger partial charge in [0, 0.05) is 31.0 Å². The topological polar surface area (TPSA) is 81.3 Å². The molecule has 0 aliphatic carbocycles. The second kappa shape index (κ2) is 11.1. The number of rotatable bonds is 8. The highest BCUT2D eigenvalue weighted by atomic mass is 16.7. The summed E-state index contributed by atoms with van der Waals surface area (Å²) >= 11 is 0. The van der Waals surface area contributed by atoms with Gasteiger partial charge in [0.1, 0.15) is 0 Å². The first-order chi connectivity index (χ1) is 16.7. The minimum absolute atomic E-state index is 0.303. The monoisotopic (exact) mass is 481 g/mol. The Bertz CT molecular complexity index is 959. The number of hydrogen-bond acceptors (Lipinski definition) is 6. The normalized spacial score (nSPS) is 19.5. The summed E-state index contributed by atoms with van der Waals surface area (Å²) in [5.41, 5.74) is 2.60. The van der Waals surface area contributed by atoms with Crippen molar-refractivity contribution in [3.05, 3.63) is 54.1 Å². The minimum atomic E-state index is -0.426. The van der Waals surface area contributed by atoms with Crippen molar-refractivity contribution in [2.45, 2.75) is 45.5 Å². The molecule has 0 radical (unpaired) electrons. The van der Waals surface area contributed by atoms with Crippen LogP contribution < -0.4 is 16.1 Å². The van der Waals surface area contributed by atoms with Crippen LogP contribution in [0.5, 0.6) is 0 Å². The molecular weight excluding hydrogens is 445 g/mol. The van der Waals surface area contributed by atoms with Gasteiger partial charge in [-0.1, -0.05) is 24.3 Å². The Morgan fingerprint density at radius 3 is 2.03 bits per heavy atom. The summed E-state index contributed by atoms with van der Waals surface area (Å²) in [7, 11) is -0.426. The van der Waals surface area contributed by atoms with Gasteiger partial charge in [-0.25, -0.2) is 4.79 Å². The van der Waals surface area contributed by atoms with Gasteiger partial charge in [-0.2, -0.15) is 0 Å². The van der Waals surface area contributed by atoms with Gasteiger partial charge in [-0.05, 0) is 63.0 Å². The van der Waals surface area contributed by atoms with Crippen LogP contribution in [0.3, 0.4) is 0 Å². The number of hydrogen-bond donors (Lipinski definition) is 2. The van der Waals surface area contributed by atoms with E-state index in [-0.39, 0.29) is 17.2 Å². The second-order valence-electron chi connectivity index (χ2n) is 9.99. The third-order valence-electron chi connectivity index (χ3n) is 6.83. The number of amides is 2. The predicted molar refractivity (Wildman–Crippen MR) is 138 cm³/mol. The molecule has 2 aliphatic heterocycles. The van der Waals surface area contributed by atoms with Crippen LogP contribution in [0.15, 0.2) is 48.5 Å². The van der Waals surface area contributed by atoms with Gasteiger partial charge in [-0.3, -0.25) is 4.90 Å². The lowest BCUT2D eigenvalue weighted by atomic mass is 9.79. The highest BCUT2D eigenvalue weighted by Crippen LogP contribution is 2.36.